The molecular formula is C18H18ClF2N3O3S. The Morgan fingerprint density at radius 1 is 1.07 bits per heavy atom. The van der Waals surface area contributed by atoms with E-state index in [4.69, 9.17) is 11.6 Å². The number of halogens is 3. The van der Waals surface area contributed by atoms with Gasteiger partial charge in [0.1, 0.15) is 11.6 Å². The van der Waals surface area contributed by atoms with Gasteiger partial charge in [-0.2, -0.15) is 17.0 Å². The maximum absolute atomic E-state index is 13.2. The lowest BCUT2D eigenvalue weighted by Gasteiger charge is -2.34. The topological polar surface area (TPSA) is 69.7 Å². The maximum Gasteiger partial charge on any atom is 0.282 e. The largest absolute Gasteiger partial charge is 0.325 e. The lowest BCUT2D eigenvalue weighted by atomic mass is 10.2. The van der Waals surface area contributed by atoms with Gasteiger partial charge in [0, 0.05) is 25.3 Å². The van der Waals surface area contributed by atoms with Gasteiger partial charge in [-0.25, -0.2) is 8.78 Å². The lowest BCUT2D eigenvalue weighted by Crippen LogP contribution is -2.51. The molecule has 0 aromatic heterocycles. The first-order valence-corrected chi connectivity index (χ1v) is 10.3. The molecular weight excluding hydrogens is 412 g/mol. The highest BCUT2D eigenvalue weighted by Crippen LogP contribution is 2.21. The molecule has 150 valence electrons. The van der Waals surface area contributed by atoms with Crippen molar-refractivity contribution in [2.75, 3.05) is 25.0 Å². The van der Waals surface area contributed by atoms with E-state index >= 15 is 0 Å². The minimum absolute atomic E-state index is 0.0916. The summed E-state index contributed by atoms with van der Waals surface area (Å²) in [5.74, 6) is -1.57. The zero-order chi connectivity index (χ0) is 20.3. The number of carbonyl (C=O) groups excluding carboxylic acids is 1. The zero-order valence-electron chi connectivity index (χ0n) is 14.7. The number of nitrogens with zero attached hydrogens (tertiary/aromatic N) is 2. The van der Waals surface area contributed by atoms with Crippen LogP contribution in [0.4, 0.5) is 14.5 Å². The monoisotopic (exact) mass is 429 g/mol. The van der Waals surface area contributed by atoms with Crippen LogP contribution < -0.4 is 5.32 Å². The Morgan fingerprint density at radius 3 is 2.43 bits per heavy atom. The standard InChI is InChI=1S/C18H18ClF2N3O3S/c19-16-10-15(6-7-17(16)21)22-18(25)12-24-9-1-8-23(28(24,26)27)11-13-2-4-14(20)5-3-13/h2-7,10H,1,8-9,11-12H2,(H,22,25). The van der Waals surface area contributed by atoms with Gasteiger partial charge in [0.05, 0.1) is 11.6 Å². The first-order valence-electron chi connectivity index (χ1n) is 8.50. The van der Waals surface area contributed by atoms with Gasteiger partial charge in [-0.3, -0.25) is 4.79 Å². The van der Waals surface area contributed by atoms with Crippen LogP contribution in [0, 0.1) is 11.6 Å². The van der Waals surface area contributed by atoms with E-state index in [1.54, 1.807) is 0 Å². The maximum atomic E-state index is 13.2. The molecule has 2 aromatic carbocycles. The SMILES string of the molecule is O=C(CN1CCCN(Cc2ccc(F)cc2)S1(=O)=O)Nc1ccc(F)c(Cl)c1. The Bertz CT molecular complexity index is 971. The summed E-state index contributed by atoms with van der Waals surface area (Å²) in [4.78, 5) is 12.3. The second-order valence-corrected chi connectivity index (χ2v) is 8.67. The number of hydrogen-bond acceptors (Lipinski definition) is 3. The van der Waals surface area contributed by atoms with Crippen LogP contribution in [0.25, 0.3) is 0 Å². The Labute approximate surface area is 166 Å². The summed E-state index contributed by atoms with van der Waals surface area (Å²) in [6, 6.07) is 9.28. The number of amides is 1. The van der Waals surface area contributed by atoms with Crippen molar-refractivity contribution in [1.29, 1.82) is 0 Å². The molecule has 1 aliphatic heterocycles. The molecule has 1 saturated heterocycles. The van der Waals surface area contributed by atoms with Crippen LogP contribution in [-0.4, -0.2) is 42.6 Å². The molecule has 1 fully saturated rings. The fourth-order valence-electron chi connectivity index (χ4n) is 2.87. The molecule has 10 heteroatoms. The Morgan fingerprint density at radius 2 is 1.75 bits per heavy atom. The molecule has 1 aliphatic rings. The van der Waals surface area contributed by atoms with Gasteiger partial charge in [-0.1, -0.05) is 23.7 Å². The van der Waals surface area contributed by atoms with Crippen molar-refractivity contribution in [2.45, 2.75) is 13.0 Å². The fourth-order valence-corrected chi connectivity index (χ4v) is 4.69. The average Bonchev–Trinajstić information content (AvgIpc) is 2.63. The molecule has 1 N–H and O–H groups in total. The summed E-state index contributed by atoms with van der Waals surface area (Å²) < 4.78 is 54.2. The predicted molar refractivity (Wildman–Crippen MR) is 102 cm³/mol. The predicted octanol–water partition coefficient (Wildman–Crippen LogP) is 3.01. The third kappa shape index (κ3) is 4.85. The molecule has 0 atom stereocenters. The molecule has 3 rings (SSSR count). The van der Waals surface area contributed by atoms with Crippen molar-refractivity contribution >= 4 is 33.4 Å². The summed E-state index contributed by atoms with van der Waals surface area (Å²) >= 11 is 5.68. The highest BCUT2D eigenvalue weighted by Gasteiger charge is 2.34. The molecule has 28 heavy (non-hydrogen) atoms. The Hall–Kier alpha value is -2.07. The molecule has 6 nitrogen and oxygen atoms in total. The van der Waals surface area contributed by atoms with Gasteiger partial charge in [0.25, 0.3) is 10.2 Å². The number of anilines is 1. The van der Waals surface area contributed by atoms with E-state index in [1.807, 2.05) is 0 Å². The van der Waals surface area contributed by atoms with Crippen LogP contribution in [0.15, 0.2) is 42.5 Å². The van der Waals surface area contributed by atoms with Crippen LogP contribution in [0.1, 0.15) is 12.0 Å². The van der Waals surface area contributed by atoms with Crippen LogP contribution in [0.5, 0.6) is 0 Å². The third-order valence-corrected chi connectivity index (χ3v) is 6.48. The van der Waals surface area contributed by atoms with E-state index in [9.17, 15) is 22.0 Å². The van der Waals surface area contributed by atoms with Crippen molar-refractivity contribution in [3.63, 3.8) is 0 Å². The van der Waals surface area contributed by atoms with Crippen molar-refractivity contribution in [2.24, 2.45) is 0 Å². The Kier molecular flexibility index (Phi) is 6.29. The molecule has 0 saturated carbocycles. The van der Waals surface area contributed by atoms with E-state index < -0.39 is 27.8 Å². The van der Waals surface area contributed by atoms with Crippen molar-refractivity contribution < 1.29 is 22.0 Å². The first-order chi connectivity index (χ1) is 13.3. The number of hydrogen-bond donors (Lipinski definition) is 1. The second-order valence-electron chi connectivity index (χ2n) is 6.33. The van der Waals surface area contributed by atoms with Gasteiger partial charge in [0.2, 0.25) is 5.91 Å². The van der Waals surface area contributed by atoms with Gasteiger partial charge < -0.3 is 5.32 Å². The van der Waals surface area contributed by atoms with Crippen molar-refractivity contribution in [3.05, 3.63) is 64.7 Å². The quantitative estimate of drug-likeness (QED) is 0.794. The van der Waals surface area contributed by atoms with Crippen LogP contribution in [0.2, 0.25) is 5.02 Å². The molecule has 0 aliphatic carbocycles. The molecule has 1 heterocycles. The summed E-state index contributed by atoms with van der Waals surface area (Å²) in [7, 11) is -3.85. The average molecular weight is 430 g/mol. The minimum Gasteiger partial charge on any atom is -0.325 e. The Balaban J connectivity index is 1.66. The highest BCUT2D eigenvalue weighted by atomic mass is 35.5. The van der Waals surface area contributed by atoms with E-state index in [2.05, 4.69) is 5.32 Å². The number of rotatable bonds is 5. The summed E-state index contributed by atoms with van der Waals surface area (Å²) in [6.07, 6.45) is 0.552. The van der Waals surface area contributed by atoms with Crippen LogP contribution >= 0.6 is 11.6 Å². The minimum atomic E-state index is -3.85. The molecule has 1 amide bonds. The van der Waals surface area contributed by atoms with Crippen molar-refractivity contribution in [1.82, 2.24) is 8.61 Å². The van der Waals surface area contributed by atoms with Gasteiger partial charge in [-0.05, 0) is 42.3 Å². The molecule has 0 unspecified atom stereocenters. The number of carbonyl (C=O) groups is 1. The first kappa shape index (κ1) is 20.7. The van der Waals surface area contributed by atoms with E-state index in [0.29, 0.717) is 18.5 Å². The molecule has 0 radical (unpaired) electrons. The van der Waals surface area contributed by atoms with Gasteiger partial charge in [-0.15, -0.1) is 0 Å². The second kappa shape index (κ2) is 8.52. The summed E-state index contributed by atoms with van der Waals surface area (Å²) in [5, 5.41) is 2.36. The fraction of sp³-hybridized carbons (Fsp3) is 0.278. The highest BCUT2D eigenvalue weighted by molar-refractivity contribution is 7.86. The lowest BCUT2D eigenvalue weighted by molar-refractivity contribution is -0.116. The zero-order valence-corrected chi connectivity index (χ0v) is 16.3. The van der Waals surface area contributed by atoms with E-state index in [1.165, 1.54) is 40.7 Å². The third-order valence-electron chi connectivity index (χ3n) is 4.26. The number of benzene rings is 2. The normalized spacial score (nSPS) is 17.4. The van der Waals surface area contributed by atoms with E-state index in [-0.39, 0.29) is 30.3 Å². The summed E-state index contributed by atoms with van der Waals surface area (Å²) in [5.41, 5.74) is 0.922. The summed E-state index contributed by atoms with van der Waals surface area (Å²) in [6.45, 7) is 0.233. The smallest absolute Gasteiger partial charge is 0.282 e. The van der Waals surface area contributed by atoms with E-state index in [0.717, 1.165) is 10.4 Å². The van der Waals surface area contributed by atoms with Crippen molar-refractivity contribution in [3.8, 4) is 0 Å². The molecule has 0 bridgehead atoms. The van der Waals surface area contributed by atoms with Gasteiger partial charge >= 0.3 is 0 Å². The molecule has 2 aromatic rings. The molecule has 0 spiro atoms. The van der Waals surface area contributed by atoms with Crippen LogP contribution in [0.3, 0.4) is 0 Å². The van der Waals surface area contributed by atoms with Crippen LogP contribution in [-0.2, 0) is 21.5 Å². The number of nitrogens with one attached hydrogen (secondary N) is 1. The van der Waals surface area contributed by atoms with Gasteiger partial charge in [0.15, 0.2) is 0 Å².